The van der Waals surface area contributed by atoms with Gasteiger partial charge in [-0.1, -0.05) is 5.16 Å². The monoisotopic (exact) mass is 190 g/mol. The third kappa shape index (κ3) is 1.45. The minimum Gasteiger partial charge on any atom is -0.361 e. The van der Waals surface area contributed by atoms with Crippen LogP contribution in [0.5, 0.6) is 0 Å². The third-order valence-electron chi connectivity index (χ3n) is 1.58. The van der Waals surface area contributed by atoms with Crippen molar-refractivity contribution in [2.24, 2.45) is 5.73 Å². The average Bonchev–Trinajstić information content (AvgIpc) is 2.68. The van der Waals surface area contributed by atoms with Crippen LogP contribution < -0.4 is 5.73 Å². The fourth-order valence-corrected chi connectivity index (χ4v) is 0.942. The maximum absolute atomic E-state index is 10.7. The number of nitrogens with two attached hydrogens (primary N) is 1. The van der Waals surface area contributed by atoms with E-state index in [4.69, 9.17) is 5.73 Å². The van der Waals surface area contributed by atoms with Crippen LogP contribution in [0.25, 0.3) is 11.4 Å². The topological polar surface area (TPSA) is 94.9 Å². The first-order valence-electron chi connectivity index (χ1n) is 3.81. The maximum atomic E-state index is 10.7. The van der Waals surface area contributed by atoms with Crippen molar-refractivity contribution < 1.29 is 9.32 Å². The van der Waals surface area contributed by atoms with E-state index < -0.39 is 5.91 Å². The second-order valence-electron chi connectivity index (χ2n) is 2.52. The number of aromatic nitrogens is 3. The predicted molar refractivity (Wildman–Crippen MR) is 46.0 cm³/mol. The minimum atomic E-state index is -0.738. The van der Waals surface area contributed by atoms with Crippen molar-refractivity contribution in [1.29, 1.82) is 0 Å². The molecule has 0 spiro atoms. The van der Waals surface area contributed by atoms with Crippen LogP contribution in [0.2, 0.25) is 0 Å². The van der Waals surface area contributed by atoms with Crippen LogP contribution >= 0.6 is 0 Å². The number of carbonyl (C=O) groups excluding carboxylic acids is 1. The molecule has 2 N–H and O–H groups in total. The van der Waals surface area contributed by atoms with Gasteiger partial charge in [-0.15, -0.1) is 0 Å². The van der Waals surface area contributed by atoms with Gasteiger partial charge in [0, 0.05) is 18.0 Å². The molecule has 2 aromatic heterocycles. The van der Waals surface area contributed by atoms with Gasteiger partial charge in [-0.2, -0.15) is 4.98 Å². The molecule has 14 heavy (non-hydrogen) atoms. The molecule has 0 bridgehead atoms. The summed E-state index contributed by atoms with van der Waals surface area (Å²) in [6, 6.07) is 3.41. The molecule has 0 saturated heterocycles. The summed E-state index contributed by atoms with van der Waals surface area (Å²) in [7, 11) is 0. The Balaban J connectivity index is 2.39. The highest BCUT2D eigenvalue weighted by atomic mass is 16.5. The summed E-state index contributed by atoms with van der Waals surface area (Å²) in [5.74, 6) is -0.615. The highest BCUT2D eigenvalue weighted by Crippen LogP contribution is 2.13. The molecule has 6 nitrogen and oxygen atoms in total. The molecule has 2 heterocycles. The lowest BCUT2D eigenvalue weighted by molar-refractivity contribution is 0.0958. The van der Waals surface area contributed by atoms with Crippen LogP contribution in [-0.2, 0) is 0 Å². The Morgan fingerprint density at radius 3 is 2.64 bits per heavy atom. The molecule has 0 unspecified atom stereocenters. The summed E-state index contributed by atoms with van der Waals surface area (Å²) in [6.45, 7) is 0. The van der Waals surface area contributed by atoms with E-state index in [1.54, 1.807) is 24.5 Å². The molecule has 0 radical (unpaired) electrons. The van der Waals surface area contributed by atoms with Gasteiger partial charge in [-0.25, -0.2) is 0 Å². The molecule has 2 aromatic rings. The van der Waals surface area contributed by atoms with Crippen molar-refractivity contribution in [3.63, 3.8) is 0 Å². The lowest BCUT2D eigenvalue weighted by Gasteiger charge is -1.89. The molecule has 0 aliphatic rings. The number of hydrogen-bond donors (Lipinski definition) is 1. The smallest absolute Gasteiger partial charge is 0.316 e. The minimum absolute atomic E-state index is 0.197. The predicted octanol–water partition coefficient (Wildman–Crippen LogP) is 0.231. The van der Waals surface area contributed by atoms with Gasteiger partial charge in [0.05, 0.1) is 0 Å². The summed E-state index contributed by atoms with van der Waals surface area (Å²) >= 11 is 0. The standard InChI is InChI=1S/C8H6N4O2/c9-6(13)8-11-7(12-14-8)5-1-3-10-4-2-5/h1-4H,(H2,9,13). The Morgan fingerprint density at radius 2 is 2.07 bits per heavy atom. The molecule has 0 aliphatic carbocycles. The van der Waals surface area contributed by atoms with Crippen molar-refractivity contribution in [1.82, 2.24) is 15.1 Å². The molecule has 1 amide bonds. The molecule has 0 saturated carbocycles. The van der Waals surface area contributed by atoms with Crippen LogP contribution in [-0.4, -0.2) is 21.0 Å². The number of amides is 1. The van der Waals surface area contributed by atoms with Gasteiger partial charge in [0.25, 0.3) is 0 Å². The zero-order valence-corrected chi connectivity index (χ0v) is 7.04. The molecule has 0 atom stereocenters. The van der Waals surface area contributed by atoms with Gasteiger partial charge in [-0.3, -0.25) is 9.78 Å². The van der Waals surface area contributed by atoms with E-state index >= 15 is 0 Å². The maximum Gasteiger partial charge on any atom is 0.316 e. The first-order chi connectivity index (χ1) is 6.77. The average molecular weight is 190 g/mol. The normalized spacial score (nSPS) is 10.0. The fourth-order valence-electron chi connectivity index (χ4n) is 0.942. The highest BCUT2D eigenvalue weighted by Gasteiger charge is 2.11. The van der Waals surface area contributed by atoms with Crippen molar-refractivity contribution in [3.8, 4) is 11.4 Å². The largest absolute Gasteiger partial charge is 0.361 e. The second-order valence-corrected chi connectivity index (χ2v) is 2.52. The summed E-state index contributed by atoms with van der Waals surface area (Å²) in [6.07, 6.45) is 3.19. The number of primary amides is 1. The Hall–Kier alpha value is -2.24. The summed E-state index contributed by atoms with van der Waals surface area (Å²) in [5.41, 5.74) is 5.68. The molecule has 6 heteroatoms. The summed E-state index contributed by atoms with van der Waals surface area (Å²) in [5, 5.41) is 3.59. The van der Waals surface area contributed by atoms with Gasteiger partial charge >= 0.3 is 11.8 Å². The molecular weight excluding hydrogens is 184 g/mol. The highest BCUT2D eigenvalue weighted by molar-refractivity contribution is 5.88. The van der Waals surface area contributed by atoms with E-state index in [0.717, 1.165) is 5.56 Å². The molecule has 0 aliphatic heterocycles. The molecular formula is C8H6N4O2. The van der Waals surface area contributed by atoms with Crippen LogP contribution in [0.3, 0.4) is 0 Å². The second kappa shape index (κ2) is 3.25. The number of carbonyl (C=O) groups is 1. The Bertz CT molecular complexity index is 451. The number of pyridine rings is 1. The van der Waals surface area contributed by atoms with Gasteiger partial charge in [0.15, 0.2) is 0 Å². The van der Waals surface area contributed by atoms with E-state index in [0.29, 0.717) is 5.82 Å². The number of rotatable bonds is 2. The van der Waals surface area contributed by atoms with Gasteiger partial charge in [0.1, 0.15) is 0 Å². The van der Waals surface area contributed by atoms with Crippen molar-refractivity contribution in [3.05, 3.63) is 30.4 Å². The first-order valence-corrected chi connectivity index (χ1v) is 3.81. The molecule has 0 fully saturated rings. The van der Waals surface area contributed by atoms with Crippen molar-refractivity contribution in [2.75, 3.05) is 0 Å². The van der Waals surface area contributed by atoms with Gasteiger partial charge in [0.2, 0.25) is 5.82 Å². The van der Waals surface area contributed by atoms with E-state index in [1.807, 2.05) is 0 Å². The van der Waals surface area contributed by atoms with E-state index in [2.05, 4.69) is 19.6 Å². The zero-order valence-electron chi connectivity index (χ0n) is 7.04. The van der Waals surface area contributed by atoms with Crippen LogP contribution in [0.1, 0.15) is 10.7 Å². The van der Waals surface area contributed by atoms with E-state index in [1.165, 1.54) is 0 Å². The summed E-state index contributed by atoms with van der Waals surface area (Å²) < 4.78 is 4.62. The molecule has 2 rings (SSSR count). The van der Waals surface area contributed by atoms with E-state index in [-0.39, 0.29) is 5.89 Å². The van der Waals surface area contributed by atoms with Crippen molar-refractivity contribution >= 4 is 5.91 Å². The zero-order chi connectivity index (χ0) is 9.97. The van der Waals surface area contributed by atoms with Gasteiger partial charge < -0.3 is 10.3 Å². The fraction of sp³-hybridized carbons (Fsp3) is 0. The van der Waals surface area contributed by atoms with Gasteiger partial charge in [-0.05, 0) is 12.1 Å². The lowest BCUT2D eigenvalue weighted by Crippen LogP contribution is -2.10. The summed E-state index contributed by atoms with van der Waals surface area (Å²) in [4.78, 5) is 18.3. The Kier molecular flexibility index (Phi) is 1.94. The molecule has 70 valence electrons. The third-order valence-corrected chi connectivity index (χ3v) is 1.58. The number of nitrogens with zero attached hydrogens (tertiary/aromatic N) is 3. The molecule has 0 aromatic carbocycles. The quantitative estimate of drug-likeness (QED) is 0.731. The lowest BCUT2D eigenvalue weighted by atomic mass is 10.2. The van der Waals surface area contributed by atoms with Crippen molar-refractivity contribution in [2.45, 2.75) is 0 Å². The Morgan fingerprint density at radius 1 is 1.36 bits per heavy atom. The van der Waals surface area contributed by atoms with Crippen LogP contribution in [0.4, 0.5) is 0 Å². The van der Waals surface area contributed by atoms with E-state index in [9.17, 15) is 4.79 Å². The van der Waals surface area contributed by atoms with Crippen LogP contribution in [0, 0.1) is 0 Å². The first kappa shape index (κ1) is 8.36. The number of hydrogen-bond acceptors (Lipinski definition) is 5. The van der Waals surface area contributed by atoms with Crippen LogP contribution in [0.15, 0.2) is 29.0 Å². The Labute approximate surface area is 78.8 Å². The SMILES string of the molecule is NC(=O)c1nc(-c2ccncc2)no1.